The molecular weight excluding hydrogens is 196 g/mol. The molecule has 0 spiro atoms. The van der Waals surface area contributed by atoms with E-state index in [1.807, 2.05) is 13.8 Å². The molecule has 1 heterocycles. The van der Waals surface area contributed by atoms with Crippen LogP contribution in [0, 0.1) is 0 Å². The van der Waals surface area contributed by atoms with E-state index in [1.165, 1.54) is 6.33 Å². The van der Waals surface area contributed by atoms with Crippen molar-refractivity contribution in [2.75, 3.05) is 19.8 Å². The summed E-state index contributed by atoms with van der Waals surface area (Å²) in [5.41, 5.74) is 0. The molecule has 0 atom stereocenters. The van der Waals surface area contributed by atoms with E-state index >= 15 is 0 Å². The molecule has 0 radical (unpaired) electrons. The lowest BCUT2D eigenvalue weighted by molar-refractivity contribution is -0.152. The number of hydrogen-bond donors (Lipinski definition) is 0. The van der Waals surface area contributed by atoms with Crippen molar-refractivity contribution in [2.45, 2.75) is 20.1 Å². The Balaban J connectivity index is 2.33. The Bertz CT molecular complexity index is 250. The molecule has 5 heteroatoms. The van der Waals surface area contributed by atoms with Crippen LogP contribution in [0.3, 0.4) is 0 Å². The SMILES string of the molecule is CCOC(COc1ccncn1)OCC. The van der Waals surface area contributed by atoms with Crippen LogP contribution in [0.4, 0.5) is 0 Å². The molecule has 0 saturated heterocycles. The summed E-state index contributed by atoms with van der Waals surface area (Å²) in [6.07, 6.45) is 2.72. The topological polar surface area (TPSA) is 53.5 Å². The van der Waals surface area contributed by atoms with Gasteiger partial charge in [-0.25, -0.2) is 9.97 Å². The number of aromatic nitrogens is 2. The van der Waals surface area contributed by atoms with Crippen LogP contribution in [-0.2, 0) is 9.47 Å². The molecule has 1 rings (SSSR count). The molecule has 0 amide bonds. The quantitative estimate of drug-likeness (QED) is 0.637. The first-order chi connectivity index (χ1) is 7.36. The van der Waals surface area contributed by atoms with E-state index in [0.29, 0.717) is 25.7 Å². The van der Waals surface area contributed by atoms with Gasteiger partial charge in [-0.1, -0.05) is 0 Å². The summed E-state index contributed by atoms with van der Waals surface area (Å²) >= 11 is 0. The van der Waals surface area contributed by atoms with E-state index in [1.54, 1.807) is 12.3 Å². The lowest BCUT2D eigenvalue weighted by Gasteiger charge is -2.16. The third kappa shape index (κ3) is 4.71. The number of hydrogen-bond acceptors (Lipinski definition) is 5. The molecule has 0 saturated carbocycles. The van der Waals surface area contributed by atoms with Crippen LogP contribution < -0.4 is 4.74 Å². The Labute approximate surface area is 89.4 Å². The molecule has 5 nitrogen and oxygen atoms in total. The Morgan fingerprint density at radius 2 is 2.00 bits per heavy atom. The maximum atomic E-state index is 5.37. The highest BCUT2D eigenvalue weighted by Gasteiger charge is 2.08. The van der Waals surface area contributed by atoms with Crippen molar-refractivity contribution in [3.8, 4) is 5.88 Å². The minimum atomic E-state index is -0.338. The zero-order valence-electron chi connectivity index (χ0n) is 9.05. The maximum Gasteiger partial charge on any atom is 0.216 e. The van der Waals surface area contributed by atoms with E-state index in [4.69, 9.17) is 14.2 Å². The second-order valence-electron chi connectivity index (χ2n) is 2.70. The first-order valence-corrected chi connectivity index (χ1v) is 4.98. The number of rotatable bonds is 7. The average molecular weight is 212 g/mol. The van der Waals surface area contributed by atoms with E-state index in [-0.39, 0.29) is 6.29 Å². The summed E-state index contributed by atoms with van der Waals surface area (Å²) in [6, 6.07) is 1.69. The van der Waals surface area contributed by atoms with E-state index in [0.717, 1.165) is 0 Å². The van der Waals surface area contributed by atoms with Crippen molar-refractivity contribution < 1.29 is 14.2 Å². The van der Waals surface area contributed by atoms with Gasteiger partial charge in [0.2, 0.25) is 5.88 Å². The molecule has 0 aliphatic heterocycles. The molecule has 0 aromatic carbocycles. The zero-order chi connectivity index (χ0) is 10.9. The van der Waals surface area contributed by atoms with Crippen LogP contribution in [0.2, 0.25) is 0 Å². The molecule has 84 valence electrons. The molecule has 15 heavy (non-hydrogen) atoms. The van der Waals surface area contributed by atoms with Gasteiger partial charge in [0.15, 0.2) is 6.29 Å². The van der Waals surface area contributed by atoms with E-state index in [9.17, 15) is 0 Å². The van der Waals surface area contributed by atoms with Gasteiger partial charge in [-0.05, 0) is 13.8 Å². The minimum absolute atomic E-state index is 0.332. The minimum Gasteiger partial charge on any atom is -0.472 e. The summed E-state index contributed by atoms with van der Waals surface area (Å²) < 4.78 is 16.0. The molecular formula is C10H16N2O3. The van der Waals surface area contributed by atoms with Gasteiger partial charge in [0.1, 0.15) is 12.9 Å². The Morgan fingerprint density at radius 1 is 1.27 bits per heavy atom. The van der Waals surface area contributed by atoms with Crippen molar-refractivity contribution in [1.82, 2.24) is 9.97 Å². The van der Waals surface area contributed by atoms with Crippen LogP contribution in [0.5, 0.6) is 5.88 Å². The second-order valence-corrected chi connectivity index (χ2v) is 2.70. The van der Waals surface area contributed by atoms with Crippen molar-refractivity contribution in [1.29, 1.82) is 0 Å². The average Bonchev–Trinajstić information content (AvgIpc) is 2.28. The normalized spacial score (nSPS) is 10.6. The number of nitrogens with zero attached hydrogens (tertiary/aromatic N) is 2. The lowest BCUT2D eigenvalue weighted by Crippen LogP contribution is -2.25. The Kier molecular flexibility index (Phi) is 5.65. The summed E-state index contributed by atoms with van der Waals surface area (Å²) in [7, 11) is 0. The lowest BCUT2D eigenvalue weighted by atomic mass is 10.6. The fraction of sp³-hybridized carbons (Fsp3) is 0.600. The van der Waals surface area contributed by atoms with Gasteiger partial charge in [-0.15, -0.1) is 0 Å². The van der Waals surface area contributed by atoms with Crippen LogP contribution >= 0.6 is 0 Å². The van der Waals surface area contributed by atoms with Gasteiger partial charge >= 0.3 is 0 Å². The van der Waals surface area contributed by atoms with Gasteiger partial charge in [0, 0.05) is 25.5 Å². The van der Waals surface area contributed by atoms with Crippen molar-refractivity contribution >= 4 is 0 Å². The van der Waals surface area contributed by atoms with Gasteiger partial charge in [-0.2, -0.15) is 0 Å². The van der Waals surface area contributed by atoms with Crippen molar-refractivity contribution in [3.63, 3.8) is 0 Å². The zero-order valence-corrected chi connectivity index (χ0v) is 9.05. The van der Waals surface area contributed by atoms with Crippen LogP contribution in [0.15, 0.2) is 18.6 Å². The summed E-state index contributed by atoms with van der Waals surface area (Å²) in [5.74, 6) is 0.523. The summed E-state index contributed by atoms with van der Waals surface area (Å²) in [6.45, 7) is 5.35. The molecule has 0 aliphatic carbocycles. The van der Waals surface area contributed by atoms with E-state index < -0.39 is 0 Å². The number of ether oxygens (including phenoxy) is 3. The smallest absolute Gasteiger partial charge is 0.216 e. The standard InChI is InChI=1S/C10H16N2O3/c1-3-13-10(14-4-2)7-15-9-5-6-11-8-12-9/h5-6,8,10H,3-4,7H2,1-2H3. The molecule has 1 aromatic heterocycles. The molecule has 0 bridgehead atoms. The molecule has 0 aliphatic rings. The Hall–Kier alpha value is -1.20. The van der Waals surface area contributed by atoms with Gasteiger partial charge in [-0.3, -0.25) is 0 Å². The summed E-state index contributed by atoms with van der Waals surface area (Å²) in [4.78, 5) is 7.72. The highest BCUT2D eigenvalue weighted by molar-refractivity contribution is 5.04. The third-order valence-electron chi connectivity index (χ3n) is 1.63. The van der Waals surface area contributed by atoms with Crippen LogP contribution in [0.1, 0.15) is 13.8 Å². The predicted octanol–water partition coefficient (Wildman–Crippen LogP) is 1.25. The van der Waals surface area contributed by atoms with Crippen LogP contribution in [-0.4, -0.2) is 36.1 Å². The monoisotopic (exact) mass is 212 g/mol. The van der Waals surface area contributed by atoms with E-state index in [2.05, 4.69) is 9.97 Å². The van der Waals surface area contributed by atoms with Crippen molar-refractivity contribution in [2.24, 2.45) is 0 Å². The fourth-order valence-electron chi connectivity index (χ4n) is 1.03. The predicted molar refractivity (Wildman–Crippen MR) is 54.6 cm³/mol. The Morgan fingerprint density at radius 3 is 2.53 bits per heavy atom. The first-order valence-electron chi connectivity index (χ1n) is 4.98. The molecule has 0 N–H and O–H groups in total. The van der Waals surface area contributed by atoms with Crippen LogP contribution in [0.25, 0.3) is 0 Å². The highest BCUT2D eigenvalue weighted by atomic mass is 16.7. The molecule has 0 unspecified atom stereocenters. The third-order valence-corrected chi connectivity index (χ3v) is 1.63. The second kappa shape index (κ2) is 7.14. The van der Waals surface area contributed by atoms with Gasteiger partial charge < -0.3 is 14.2 Å². The van der Waals surface area contributed by atoms with Gasteiger partial charge in [0.05, 0.1) is 0 Å². The highest BCUT2D eigenvalue weighted by Crippen LogP contribution is 2.04. The summed E-state index contributed by atoms with van der Waals surface area (Å²) in [5, 5.41) is 0. The molecule has 1 aromatic rings. The first kappa shape index (κ1) is 11.9. The molecule has 0 fully saturated rings. The fourth-order valence-corrected chi connectivity index (χ4v) is 1.03. The largest absolute Gasteiger partial charge is 0.472 e. The van der Waals surface area contributed by atoms with Gasteiger partial charge in [0.25, 0.3) is 0 Å². The van der Waals surface area contributed by atoms with Crippen molar-refractivity contribution in [3.05, 3.63) is 18.6 Å². The maximum absolute atomic E-state index is 5.37.